The fraction of sp³-hybridized carbons (Fsp3) is 0.556. The van der Waals surface area contributed by atoms with Crippen molar-refractivity contribution in [3.05, 3.63) is 18.5 Å². The highest BCUT2D eigenvalue weighted by Crippen LogP contribution is 2.13. The summed E-state index contributed by atoms with van der Waals surface area (Å²) in [5, 5.41) is 4.08. The van der Waals surface area contributed by atoms with Crippen molar-refractivity contribution in [1.82, 2.24) is 9.36 Å². The van der Waals surface area contributed by atoms with Crippen LogP contribution in [0.15, 0.2) is 12.7 Å². The molecule has 1 unspecified atom stereocenters. The minimum absolute atomic E-state index is 0.252. The normalized spacial score (nSPS) is 12.5. The number of anilines is 1. The summed E-state index contributed by atoms with van der Waals surface area (Å²) in [6.45, 7) is 7.85. The Balaban J connectivity index is 2.53. The first kappa shape index (κ1) is 10.2. The molecule has 0 fully saturated rings. The zero-order valence-corrected chi connectivity index (χ0v) is 8.90. The van der Waals surface area contributed by atoms with E-state index in [1.165, 1.54) is 11.5 Å². The highest BCUT2D eigenvalue weighted by atomic mass is 32.1. The molecule has 72 valence electrons. The summed E-state index contributed by atoms with van der Waals surface area (Å²) in [6, 6.07) is 0.252. The van der Waals surface area contributed by atoms with E-state index in [0.717, 1.165) is 23.8 Å². The smallest absolute Gasteiger partial charge is 0.203 e. The van der Waals surface area contributed by atoms with Crippen molar-refractivity contribution in [2.24, 2.45) is 0 Å². The maximum Gasteiger partial charge on any atom is 0.203 e. The topological polar surface area (TPSA) is 37.8 Å². The third-order valence-electron chi connectivity index (χ3n) is 1.65. The minimum atomic E-state index is 0.252. The fourth-order valence-corrected chi connectivity index (χ4v) is 1.60. The van der Waals surface area contributed by atoms with Crippen molar-refractivity contribution in [1.29, 1.82) is 0 Å². The average Bonchev–Trinajstić information content (AvgIpc) is 2.53. The number of nitrogens with zero attached hydrogens (tertiary/aromatic N) is 2. The molecular weight excluding hydrogens is 182 g/mol. The van der Waals surface area contributed by atoms with Gasteiger partial charge < -0.3 is 5.32 Å². The molecule has 0 aliphatic heterocycles. The Bertz CT molecular complexity index is 270. The molecule has 0 bridgehead atoms. The lowest BCUT2D eigenvalue weighted by Gasteiger charge is -2.04. The first-order valence-corrected chi connectivity index (χ1v) is 5.25. The molecular formula is C9H15N3S. The maximum absolute atomic E-state index is 4.34. The van der Waals surface area contributed by atoms with Crippen LogP contribution in [0.1, 0.15) is 26.1 Å². The van der Waals surface area contributed by atoms with Crippen LogP contribution in [0.3, 0.4) is 0 Å². The summed E-state index contributed by atoms with van der Waals surface area (Å²) in [6.07, 6.45) is 3.90. The van der Waals surface area contributed by atoms with Gasteiger partial charge in [0, 0.05) is 24.0 Å². The Morgan fingerprint density at radius 1 is 1.69 bits per heavy atom. The molecule has 1 N–H and O–H groups in total. The predicted molar refractivity (Wildman–Crippen MR) is 57.2 cm³/mol. The van der Waals surface area contributed by atoms with Gasteiger partial charge in [0.25, 0.3) is 0 Å². The van der Waals surface area contributed by atoms with E-state index in [9.17, 15) is 0 Å². The minimum Gasteiger partial charge on any atom is -0.354 e. The van der Waals surface area contributed by atoms with E-state index in [1.807, 2.05) is 13.0 Å². The third-order valence-corrected chi connectivity index (χ3v) is 2.33. The molecule has 1 rings (SSSR count). The van der Waals surface area contributed by atoms with E-state index in [1.54, 1.807) is 0 Å². The number of rotatable bonds is 5. The van der Waals surface area contributed by atoms with Crippen LogP contribution in [0, 0.1) is 0 Å². The molecule has 0 saturated heterocycles. The molecule has 0 spiro atoms. The van der Waals surface area contributed by atoms with Gasteiger partial charge in [0.05, 0.1) is 0 Å². The van der Waals surface area contributed by atoms with Gasteiger partial charge in [-0.1, -0.05) is 13.0 Å². The largest absolute Gasteiger partial charge is 0.354 e. The van der Waals surface area contributed by atoms with E-state index in [0.29, 0.717) is 0 Å². The summed E-state index contributed by atoms with van der Waals surface area (Å²) < 4.78 is 4.23. The molecule has 0 aromatic carbocycles. The molecule has 3 nitrogen and oxygen atoms in total. The summed E-state index contributed by atoms with van der Waals surface area (Å²) >= 11 is 1.41. The highest BCUT2D eigenvalue weighted by molar-refractivity contribution is 7.09. The van der Waals surface area contributed by atoms with E-state index < -0.39 is 0 Å². The molecule has 0 aliphatic carbocycles. The van der Waals surface area contributed by atoms with Crippen LogP contribution in [0.2, 0.25) is 0 Å². The van der Waals surface area contributed by atoms with Gasteiger partial charge in [0.2, 0.25) is 5.13 Å². The Morgan fingerprint density at radius 3 is 3.08 bits per heavy atom. The molecule has 0 saturated carbocycles. The lowest BCUT2D eigenvalue weighted by molar-refractivity contribution is 0.859. The SMILES string of the molecule is C=CC(C)Nc1nc(CCC)ns1. The van der Waals surface area contributed by atoms with Crippen LogP contribution in [0.5, 0.6) is 0 Å². The quantitative estimate of drug-likeness (QED) is 0.737. The van der Waals surface area contributed by atoms with Gasteiger partial charge in [0.1, 0.15) is 5.82 Å². The van der Waals surface area contributed by atoms with Gasteiger partial charge >= 0.3 is 0 Å². The standard InChI is InChI=1S/C9H15N3S/c1-4-6-8-11-9(13-12-8)10-7(3)5-2/h5,7H,2,4,6H2,1,3H3,(H,10,11,12). The van der Waals surface area contributed by atoms with Crippen LogP contribution in [-0.4, -0.2) is 15.4 Å². The van der Waals surface area contributed by atoms with Crippen LogP contribution < -0.4 is 5.32 Å². The summed E-state index contributed by atoms with van der Waals surface area (Å²) in [7, 11) is 0. The maximum atomic E-state index is 4.34. The van der Waals surface area contributed by atoms with Gasteiger partial charge in [-0.05, 0) is 13.3 Å². The van der Waals surface area contributed by atoms with E-state index in [4.69, 9.17) is 0 Å². The van der Waals surface area contributed by atoms with Crippen molar-refractivity contribution in [3.63, 3.8) is 0 Å². The number of hydrogen-bond acceptors (Lipinski definition) is 4. The average molecular weight is 197 g/mol. The second kappa shape index (κ2) is 4.97. The molecule has 0 radical (unpaired) electrons. The van der Waals surface area contributed by atoms with Crippen LogP contribution >= 0.6 is 11.5 Å². The monoisotopic (exact) mass is 197 g/mol. The Kier molecular flexibility index (Phi) is 3.89. The highest BCUT2D eigenvalue weighted by Gasteiger charge is 2.03. The third kappa shape index (κ3) is 3.14. The Labute approximate surface area is 83.1 Å². The zero-order valence-electron chi connectivity index (χ0n) is 8.08. The predicted octanol–water partition coefficient (Wildman–Crippen LogP) is 2.48. The van der Waals surface area contributed by atoms with Crippen molar-refractivity contribution >= 4 is 16.7 Å². The molecule has 1 aromatic heterocycles. The number of aryl methyl sites for hydroxylation is 1. The molecule has 0 aliphatic rings. The zero-order chi connectivity index (χ0) is 9.68. The summed E-state index contributed by atoms with van der Waals surface area (Å²) in [5.41, 5.74) is 0. The lowest BCUT2D eigenvalue weighted by atomic mass is 10.3. The van der Waals surface area contributed by atoms with Crippen molar-refractivity contribution in [3.8, 4) is 0 Å². The second-order valence-corrected chi connectivity index (χ2v) is 3.69. The van der Waals surface area contributed by atoms with E-state index >= 15 is 0 Å². The molecule has 13 heavy (non-hydrogen) atoms. The summed E-state index contributed by atoms with van der Waals surface area (Å²) in [4.78, 5) is 4.34. The van der Waals surface area contributed by atoms with E-state index in [-0.39, 0.29) is 6.04 Å². The molecule has 4 heteroatoms. The molecule has 1 aromatic rings. The van der Waals surface area contributed by atoms with Gasteiger partial charge in [-0.3, -0.25) is 0 Å². The first-order valence-electron chi connectivity index (χ1n) is 4.48. The van der Waals surface area contributed by atoms with Gasteiger partial charge in [0.15, 0.2) is 0 Å². The Hall–Kier alpha value is -0.900. The molecule has 1 heterocycles. The van der Waals surface area contributed by atoms with Crippen LogP contribution in [0.4, 0.5) is 5.13 Å². The number of aromatic nitrogens is 2. The van der Waals surface area contributed by atoms with Crippen molar-refractivity contribution < 1.29 is 0 Å². The van der Waals surface area contributed by atoms with Crippen LogP contribution in [-0.2, 0) is 6.42 Å². The second-order valence-electron chi connectivity index (χ2n) is 2.93. The lowest BCUT2D eigenvalue weighted by Crippen LogP contribution is -2.10. The van der Waals surface area contributed by atoms with Crippen LogP contribution in [0.25, 0.3) is 0 Å². The first-order chi connectivity index (χ1) is 6.26. The number of nitrogens with one attached hydrogen (secondary N) is 1. The van der Waals surface area contributed by atoms with Crippen molar-refractivity contribution in [2.45, 2.75) is 32.7 Å². The van der Waals surface area contributed by atoms with E-state index in [2.05, 4.69) is 28.2 Å². The molecule has 1 atom stereocenters. The fourth-order valence-electron chi connectivity index (χ4n) is 0.891. The van der Waals surface area contributed by atoms with Gasteiger partial charge in [-0.2, -0.15) is 4.37 Å². The van der Waals surface area contributed by atoms with Gasteiger partial charge in [-0.15, -0.1) is 6.58 Å². The Morgan fingerprint density at radius 2 is 2.46 bits per heavy atom. The number of hydrogen-bond donors (Lipinski definition) is 1. The summed E-state index contributed by atoms with van der Waals surface area (Å²) in [5.74, 6) is 0.936. The van der Waals surface area contributed by atoms with Gasteiger partial charge in [-0.25, -0.2) is 4.98 Å². The molecule has 0 amide bonds. The van der Waals surface area contributed by atoms with Crippen molar-refractivity contribution in [2.75, 3.05) is 5.32 Å².